The number of carbonyl (C=O) groups is 1. The molecule has 0 spiro atoms. The first-order valence-corrected chi connectivity index (χ1v) is 7.18. The Labute approximate surface area is 124 Å². The van der Waals surface area contributed by atoms with Crippen molar-refractivity contribution in [3.05, 3.63) is 24.3 Å². The molecule has 0 radical (unpaired) electrons. The number of ether oxygens (including phenoxy) is 1. The van der Waals surface area contributed by atoms with Crippen LogP contribution < -0.4 is 0 Å². The van der Waals surface area contributed by atoms with Crippen LogP contribution in [0.25, 0.3) is 0 Å². The Balaban J connectivity index is 1.76. The van der Waals surface area contributed by atoms with E-state index < -0.39 is 5.60 Å². The van der Waals surface area contributed by atoms with Crippen LogP contribution in [0.2, 0.25) is 0 Å². The molecule has 1 fully saturated rings. The van der Waals surface area contributed by atoms with Gasteiger partial charge in [-0.3, -0.25) is 0 Å². The van der Waals surface area contributed by atoms with Gasteiger partial charge in [-0.2, -0.15) is 0 Å². The van der Waals surface area contributed by atoms with Crippen molar-refractivity contribution < 1.29 is 9.53 Å². The van der Waals surface area contributed by atoms with Gasteiger partial charge in [0.05, 0.1) is 5.38 Å². The van der Waals surface area contributed by atoms with Crippen LogP contribution in [0.3, 0.4) is 0 Å². The van der Waals surface area contributed by atoms with E-state index >= 15 is 0 Å². The van der Waals surface area contributed by atoms with Gasteiger partial charge in [0.2, 0.25) is 0 Å². The Morgan fingerprint density at radius 1 is 1.45 bits per heavy atom. The topological polar surface area (TPSA) is 55.3 Å². The van der Waals surface area contributed by atoms with Gasteiger partial charge < -0.3 is 9.64 Å². The fourth-order valence-corrected chi connectivity index (χ4v) is 2.43. The lowest BCUT2D eigenvalue weighted by molar-refractivity contribution is -0.00228. The van der Waals surface area contributed by atoms with Gasteiger partial charge in [-0.1, -0.05) is 0 Å². The Kier molecular flexibility index (Phi) is 4.48. The SMILES string of the molecule is CC(C)(C)OC(=O)N1CC(CC(Cl)c2ncccn2)C1. The fraction of sp³-hybridized carbons (Fsp3) is 0.643. The second-order valence-corrected chi connectivity index (χ2v) is 6.59. The summed E-state index contributed by atoms with van der Waals surface area (Å²) in [5.41, 5.74) is -0.449. The van der Waals surface area contributed by atoms with Crippen LogP contribution in [0.5, 0.6) is 0 Å². The fourth-order valence-electron chi connectivity index (χ4n) is 2.06. The molecule has 1 amide bonds. The van der Waals surface area contributed by atoms with E-state index in [1.807, 2.05) is 20.8 Å². The Hall–Kier alpha value is -1.36. The number of aromatic nitrogens is 2. The molecular weight excluding hydrogens is 278 g/mol. The smallest absolute Gasteiger partial charge is 0.410 e. The van der Waals surface area contributed by atoms with Gasteiger partial charge in [0.15, 0.2) is 0 Å². The minimum Gasteiger partial charge on any atom is -0.444 e. The maximum absolute atomic E-state index is 11.8. The third kappa shape index (κ3) is 4.07. The highest BCUT2D eigenvalue weighted by atomic mass is 35.5. The lowest BCUT2D eigenvalue weighted by Crippen LogP contribution is -2.51. The highest BCUT2D eigenvalue weighted by Gasteiger charge is 2.35. The lowest BCUT2D eigenvalue weighted by Gasteiger charge is -2.40. The van der Waals surface area contributed by atoms with Crippen molar-refractivity contribution in [2.24, 2.45) is 5.92 Å². The van der Waals surface area contributed by atoms with E-state index in [0.29, 0.717) is 24.8 Å². The van der Waals surface area contributed by atoms with E-state index in [9.17, 15) is 4.79 Å². The quantitative estimate of drug-likeness (QED) is 0.805. The van der Waals surface area contributed by atoms with E-state index in [1.165, 1.54) is 0 Å². The molecule has 1 unspecified atom stereocenters. The molecule has 0 saturated carbocycles. The van der Waals surface area contributed by atoms with Crippen molar-refractivity contribution in [3.8, 4) is 0 Å². The standard InChI is InChI=1S/C14H20ClN3O2/c1-14(2,3)20-13(19)18-8-10(9-18)7-11(15)12-16-5-4-6-17-12/h4-6,10-11H,7-9H2,1-3H3. The summed E-state index contributed by atoms with van der Waals surface area (Å²) in [7, 11) is 0. The number of nitrogens with zero attached hydrogens (tertiary/aromatic N) is 3. The molecule has 0 aromatic carbocycles. The highest BCUT2D eigenvalue weighted by Crippen LogP contribution is 2.30. The minimum atomic E-state index is -0.449. The molecule has 20 heavy (non-hydrogen) atoms. The first kappa shape index (κ1) is 15.0. The number of rotatable bonds is 3. The van der Waals surface area contributed by atoms with Crippen LogP contribution in [-0.2, 0) is 4.74 Å². The van der Waals surface area contributed by atoms with Crippen LogP contribution >= 0.6 is 11.6 Å². The number of alkyl halides is 1. The molecule has 0 aliphatic carbocycles. The van der Waals surface area contributed by atoms with Gasteiger partial charge in [0.1, 0.15) is 11.4 Å². The molecule has 5 nitrogen and oxygen atoms in total. The zero-order valence-corrected chi connectivity index (χ0v) is 12.8. The maximum atomic E-state index is 11.8. The maximum Gasteiger partial charge on any atom is 0.410 e. The third-order valence-electron chi connectivity index (χ3n) is 3.02. The van der Waals surface area contributed by atoms with Crippen molar-refractivity contribution in [1.82, 2.24) is 14.9 Å². The molecule has 2 heterocycles. The van der Waals surface area contributed by atoms with Crippen molar-refractivity contribution in [1.29, 1.82) is 0 Å². The largest absolute Gasteiger partial charge is 0.444 e. The highest BCUT2D eigenvalue weighted by molar-refractivity contribution is 6.20. The van der Waals surface area contributed by atoms with Gasteiger partial charge in [-0.25, -0.2) is 14.8 Å². The van der Waals surface area contributed by atoms with Gasteiger partial charge in [0.25, 0.3) is 0 Å². The summed E-state index contributed by atoms with van der Waals surface area (Å²) in [6, 6.07) is 1.76. The average molecular weight is 298 g/mol. The molecule has 1 aliphatic heterocycles. The first-order chi connectivity index (χ1) is 9.35. The van der Waals surface area contributed by atoms with Gasteiger partial charge in [-0.05, 0) is 39.2 Å². The summed E-state index contributed by atoms with van der Waals surface area (Å²) in [5, 5.41) is -0.206. The normalized spacial score (nSPS) is 17.5. The Bertz CT molecular complexity index is 455. The van der Waals surface area contributed by atoms with Crippen molar-refractivity contribution >= 4 is 17.7 Å². The summed E-state index contributed by atoms with van der Waals surface area (Å²) < 4.78 is 5.31. The molecule has 6 heteroatoms. The van der Waals surface area contributed by atoms with E-state index in [4.69, 9.17) is 16.3 Å². The first-order valence-electron chi connectivity index (χ1n) is 6.74. The van der Waals surface area contributed by atoms with Gasteiger partial charge in [-0.15, -0.1) is 11.6 Å². The molecule has 1 aromatic rings. The van der Waals surface area contributed by atoms with Crippen LogP contribution in [0.1, 0.15) is 38.4 Å². The van der Waals surface area contributed by atoms with E-state index in [-0.39, 0.29) is 11.5 Å². The molecule has 2 rings (SSSR count). The van der Waals surface area contributed by atoms with E-state index in [2.05, 4.69) is 9.97 Å². The lowest BCUT2D eigenvalue weighted by atomic mass is 9.95. The second kappa shape index (κ2) is 5.95. The minimum absolute atomic E-state index is 0.206. The summed E-state index contributed by atoms with van der Waals surface area (Å²) in [6.07, 6.45) is 3.89. The summed E-state index contributed by atoms with van der Waals surface area (Å²) in [4.78, 5) is 21.8. The number of hydrogen-bond acceptors (Lipinski definition) is 4. The number of carbonyl (C=O) groups excluding carboxylic acids is 1. The predicted molar refractivity (Wildman–Crippen MR) is 76.5 cm³/mol. The van der Waals surface area contributed by atoms with E-state index in [0.717, 1.165) is 6.42 Å². The van der Waals surface area contributed by atoms with Crippen LogP contribution in [-0.4, -0.2) is 39.7 Å². The van der Waals surface area contributed by atoms with Crippen LogP contribution in [0.4, 0.5) is 4.79 Å². The van der Waals surface area contributed by atoms with E-state index in [1.54, 1.807) is 23.4 Å². The molecule has 1 aromatic heterocycles. The molecule has 1 saturated heterocycles. The molecule has 110 valence electrons. The zero-order valence-electron chi connectivity index (χ0n) is 12.0. The molecule has 1 aliphatic rings. The Morgan fingerprint density at radius 2 is 2.05 bits per heavy atom. The molecule has 0 N–H and O–H groups in total. The molecule has 1 atom stereocenters. The molecular formula is C14H20ClN3O2. The van der Waals surface area contributed by atoms with Gasteiger partial charge in [0, 0.05) is 25.5 Å². The summed E-state index contributed by atoms with van der Waals surface area (Å²) in [6.45, 7) is 6.97. The Morgan fingerprint density at radius 3 is 2.60 bits per heavy atom. The van der Waals surface area contributed by atoms with Crippen molar-refractivity contribution in [3.63, 3.8) is 0 Å². The predicted octanol–water partition coefficient (Wildman–Crippen LogP) is 3.01. The number of halogens is 1. The monoisotopic (exact) mass is 297 g/mol. The van der Waals surface area contributed by atoms with Crippen LogP contribution in [0, 0.1) is 5.92 Å². The summed E-state index contributed by atoms with van der Waals surface area (Å²) in [5.74, 6) is 1.03. The average Bonchev–Trinajstić information content (AvgIpc) is 2.31. The van der Waals surface area contributed by atoms with Crippen molar-refractivity contribution in [2.45, 2.75) is 38.2 Å². The number of amides is 1. The van der Waals surface area contributed by atoms with Crippen LogP contribution in [0.15, 0.2) is 18.5 Å². The van der Waals surface area contributed by atoms with Gasteiger partial charge >= 0.3 is 6.09 Å². The zero-order chi connectivity index (χ0) is 14.8. The third-order valence-corrected chi connectivity index (χ3v) is 3.39. The number of hydrogen-bond donors (Lipinski definition) is 0. The van der Waals surface area contributed by atoms with Crippen molar-refractivity contribution in [2.75, 3.05) is 13.1 Å². The summed E-state index contributed by atoms with van der Waals surface area (Å²) >= 11 is 6.29. The number of likely N-dealkylation sites (tertiary alicyclic amines) is 1. The second-order valence-electron chi connectivity index (χ2n) is 6.06. The molecule has 0 bridgehead atoms.